The molecule has 4 nitrogen and oxygen atoms in total. The van der Waals surface area contributed by atoms with Gasteiger partial charge in [0.15, 0.2) is 0 Å². The molecule has 0 unspecified atom stereocenters. The number of aliphatic hydroxyl groups is 1. The van der Waals surface area contributed by atoms with Crippen molar-refractivity contribution < 1.29 is 10.0 Å². The van der Waals surface area contributed by atoms with E-state index in [0.717, 1.165) is 25.7 Å². The second kappa shape index (κ2) is 5.29. The lowest BCUT2D eigenvalue weighted by Crippen LogP contribution is -2.40. The van der Waals surface area contributed by atoms with Crippen LogP contribution >= 0.6 is 0 Å². The van der Waals surface area contributed by atoms with Gasteiger partial charge in [0.1, 0.15) is 6.10 Å². The molecule has 0 saturated heterocycles. The van der Waals surface area contributed by atoms with Crippen molar-refractivity contribution in [3.05, 3.63) is 10.1 Å². The first-order valence-electron chi connectivity index (χ1n) is 5.48. The molecule has 0 radical (unpaired) electrons. The predicted octanol–water partition coefficient (Wildman–Crippen LogP) is 1.98. The summed E-state index contributed by atoms with van der Waals surface area (Å²) in [6, 6.07) is -0.736. The Morgan fingerprint density at radius 3 is 2.43 bits per heavy atom. The van der Waals surface area contributed by atoms with Gasteiger partial charge >= 0.3 is 0 Å². The quantitative estimate of drug-likeness (QED) is 0.558. The zero-order valence-corrected chi connectivity index (χ0v) is 8.69. The van der Waals surface area contributed by atoms with Gasteiger partial charge in [0, 0.05) is 10.8 Å². The molecular formula is C10H19NO3. The third-order valence-corrected chi connectivity index (χ3v) is 3.19. The summed E-state index contributed by atoms with van der Waals surface area (Å²) in [5.74, 6) is 0.0914. The first-order chi connectivity index (χ1) is 6.66. The van der Waals surface area contributed by atoms with Crippen molar-refractivity contribution in [2.45, 2.75) is 57.6 Å². The Balaban J connectivity index is 2.60. The average Bonchev–Trinajstić information content (AvgIpc) is 2.19. The van der Waals surface area contributed by atoms with Crippen molar-refractivity contribution in [1.29, 1.82) is 0 Å². The molecule has 0 spiro atoms. The van der Waals surface area contributed by atoms with Crippen LogP contribution in [0, 0.1) is 16.0 Å². The smallest absolute Gasteiger partial charge is 0.241 e. The van der Waals surface area contributed by atoms with Gasteiger partial charge in [0.05, 0.1) is 0 Å². The van der Waals surface area contributed by atoms with E-state index in [1.807, 2.05) is 0 Å². The third kappa shape index (κ3) is 2.67. The molecule has 0 aromatic rings. The van der Waals surface area contributed by atoms with Crippen molar-refractivity contribution in [3.8, 4) is 0 Å². The molecule has 1 aliphatic carbocycles. The average molecular weight is 201 g/mol. The van der Waals surface area contributed by atoms with Gasteiger partial charge in [-0.05, 0) is 19.3 Å². The molecular weight excluding hydrogens is 182 g/mol. The Hall–Kier alpha value is -0.640. The number of aliphatic hydroxyl groups excluding tert-OH is 1. The van der Waals surface area contributed by atoms with Gasteiger partial charge in [-0.3, -0.25) is 10.1 Å². The Morgan fingerprint density at radius 1 is 1.43 bits per heavy atom. The molecule has 82 valence electrons. The van der Waals surface area contributed by atoms with E-state index in [4.69, 9.17) is 0 Å². The molecule has 1 aliphatic rings. The van der Waals surface area contributed by atoms with Gasteiger partial charge in [-0.15, -0.1) is 0 Å². The highest BCUT2D eigenvalue weighted by molar-refractivity contribution is 4.78. The van der Waals surface area contributed by atoms with Crippen LogP contribution in [0.15, 0.2) is 0 Å². The summed E-state index contributed by atoms with van der Waals surface area (Å²) < 4.78 is 0. The van der Waals surface area contributed by atoms with E-state index in [1.54, 1.807) is 6.92 Å². The van der Waals surface area contributed by atoms with Crippen molar-refractivity contribution >= 4 is 0 Å². The predicted molar refractivity (Wildman–Crippen MR) is 53.7 cm³/mol. The molecule has 0 aliphatic heterocycles. The number of hydrogen-bond donors (Lipinski definition) is 1. The van der Waals surface area contributed by atoms with E-state index in [2.05, 4.69) is 0 Å². The summed E-state index contributed by atoms with van der Waals surface area (Å²) in [6.07, 6.45) is 4.85. The molecule has 0 bridgehead atoms. The van der Waals surface area contributed by atoms with Crippen LogP contribution in [0.3, 0.4) is 0 Å². The topological polar surface area (TPSA) is 63.4 Å². The van der Waals surface area contributed by atoms with Crippen LogP contribution in [0.4, 0.5) is 0 Å². The zero-order chi connectivity index (χ0) is 10.6. The van der Waals surface area contributed by atoms with Crippen molar-refractivity contribution in [2.75, 3.05) is 0 Å². The Morgan fingerprint density at radius 2 is 2.00 bits per heavy atom. The van der Waals surface area contributed by atoms with Crippen LogP contribution < -0.4 is 0 Å². The lowest BCUT2D eigenvalue weighted by Gasteiger charge is -2.26. The minimum absolute atomic E-state index is 0.0914. The molecule has 14 heavy (non-hydrogen) atoms. The van der Waals surface area contributed by atoms with E-state index in [-0.39, 0.29) is 10.8 Å². The molecule has 0 heterocycles. The SMILES string of the molecule is CC[C@H](O)[C@@H](C1CCCCC1)[N+](=O)[O-]. The minimum atomic E-state index is -0.770. The Kier molecular flexibility index (Phi) is 4.32. The molecule has 1 N–H and O–H groups in total. The fraction of sp³-hybridized carbons (Fsp3) is 1.00. The normalized spacial score (nSPS) is 23.0. The Bertz CT molecular complexity index is 190. The van der Waals surface area contributed by atoms with Crippen LogP contribution in [0.2, 0.25) is 0 Å². The molecule has 0 aromatic heterocycles. The molecule has 0 amide bonds. The molecule has 4 heteroatoms. The van der Waals surface area contributed by atoms with Crippen LogP contribution in [-0.4, -0.2) is 22.2 Å². The molecule has 1 saturated carbocycles. The van der Waals surface area contributed by atoms with E-state index in [1.165, 1.54) is 6.42 Å². The lowest BCUT2D eigenvalue weighted by atomic mass is 9.81. The van der Waals surface area contributed by atoms with E-state index in [0.29, 0.717) is 6.42 Å². The third-order valence-electron chi connectivity index (χ3n) is 3.19. The standard InChI is InChI=1S/C10H19NO3/c1-2-9(12)10(11(13)14)8-6-4-3-5-7-8/h8-10,12H,2-7H2,1H3/t9-,10+/m0/s1. The molecule has 1 fully saturated rings. The molecule has 1 rings (SSSR count). The second-order valence-corrected chi connectivity index (χ2v) is 4.15. The molecule has 2 atom stereocenters. The summed E-state index contributed by atoms with van der Waals surface area (Å²) in [6.45, 7) is 1.80. The lowest BCUT2D eigenvalue weighted by molar-refractivity contribution is -0.545. The van der Waals surface area contributed by atoms with E-state index in [9.17, 15) is 15.2 Å². The van der Waals surface area contributed by atoms with E-state index < -0.39 is 12.1 Å². The largest absolute Gasteiger partial charge is 0.386 e. The monoisotopic (exact) mass is 201 g/mol. The Labute approximate surface area is 84.5 Å². The number of nitrogens with zero attached hydrogens (tertiary/aromatic N) is 1. The summed E-state index contributed by atoms with van der Waals surface area (Å²) in [4.78, 5) is 10.6. The van der Waals surface area contributed by atoms with Gasteiger partial charge in [-0.1, -0.05) is 26.2 Å². The number of nitro groups is 1. The van der Waals surface area contributed by atoms with Crippen LogP contribution in [0.1, 0.15) is 45.4 Å². The first kappa shape index (κ1) is 11.4. The van der Waals surface area contributed by atoms with Crippen LogP contribution in [-0.2, 0) is 0 Å². The maximum Gasteiger partial charge on any atom is 0.241 e. The van der Waals surface area contributed by atoms with E-state index >= 15 is 0 Å². The maximum absolute atomic E-state index is 10.8. The molecule has 0 aromatic carbocycles. The fourth-order valence-electron chi connectivity index (χ4n) is 2.34. The highest BCUT2D eigenvalue weighted by atomic mass is 16.6. The van der Waals surface area contributed by atoms with Crippen LogP contribution in [0.5, 0.6) is 0 Å². The maximum atomic E-state index is 10.8. The summed E-state index contributed by atoms with van der Waals surface area (Å²) >= 11 is 0. The number of hydrogen-bond acceptors (Lipinski definition) is 3. The summed E-state index contributed by atoms with van der Waals surface area (Å²) in [5.41, 5.74) is 0. The van der Waals surface area contributed by atoms with Crippen LogP contribution in [0.25, 0.3) is 0 Å². The summed E-state index contributed by atoms with van der Waals surface area (Å²) in [5, 5.41) is 20.4. The highest BCUT2D eigenvalue weighted by Crippen LogP contribution is 2.29. The second-order valence-electron chi connectivity index (χ2n) is 4.15. The highest BCUT2D eigenvalue weighted by Gasteiger charge is 2.37. The van der Waals surface area contributed by atoms with Gasteiger partial charge in [-0.25, -0.2) is 0 Å². The van der Waals surface area contributed by atoms with Gasteiger partial charge in [-0.2, -0.15) is 0 Å². The minimum Gasteiger partial charge on any atom is -0.386 e. The van der Waals surface area contributed by atoms with Crippen molar-refractivity contribution in [1.82, 2.24) is 0 Å². The van der Waals surface area contributed by atoms with Crippen molar-refractivity contribution in [3.63, 3.8) is 0 Å². The first-order valence-corrected chi connectivity index (χ1v) is 5.48. The van der Waals surface area contributed by atoms with Crippen molar-refractivity contribution in [2.24, 2.45) is 5.92 Å². The van der Waals surface area contributed by atoms with Gasteiger partial charge in [0.2, 0.25) is 6.04 Å². The van der Waals surface area contributed by atoms with Gasteiger partial charge < -0.3 is 5.11 Å². The van der Waals surface area contributed by atoms with Gasteiger partial charge in [0.25, 0.3) is 0 Å². The summed E-state index contributed by atoms with van der Waals surface area (Å²) in [7, 11) is 0. The number of rotatable bonds is 4. The fourth-order valence-corrected chi connectivity index (χ4v) is 2.34. The zero-order valence-electron chi connectivity index (χ0n) is 8.69.